The minimum absolute atomic E-state index is 0.282. The molecule has 1 aliphatic rings. The summed E-state index contributed by atoms with van der Waals surface area (Å²) in [6, 6.07) is 4.24. The molecule has 3 rings (SSSR count). The number of nitrogens with zero attached hydrogens (tertiary/aromatic N) is 4. The number of nitrogens with one attached hydrogen (secondary N) is 1. The lowest BCUT2D eigenvalue weighted by molar-refractivity contribution is 0.240. The standard InChI is InChI=1S/C13H18N6/c1-9-16-13(18-17-9)11-5-3-7-19(11)8-10-4-2-6-15-12(10)14/h2,4,6,11H,3,5,7-8H2,1H3,(H2,14,15)(H,16,17,18). The topological polar surface area (TPSA) is 83.7 Å². The Morgan fingerprint density at radius 1 is 1.53 bits per heavy atom. The minimum atomic E-state index is 0.282. The molecular weight excluding hydrogens is 240 g/mol. The molecule has 0 radical (unpaired) electrons. The van der Waals surface area contributed by atoms with Gasteiger partial charge >= 0.3 is 0 Å². The van der Waals surface area contributed by atoms with Gasteiger partial charge in [-0.25, -0.2) is 9.97 Å². The van der Waals surface area contributed by atoms with Crippen LogP contribution in [0.15, 0.2) is 18.3 Å². The third kappa shape index (κ3) is 2.44. The molecule has 100 valence electrons. The number of anilines is 1. The second kappa shape index (κ2) is 4.97. The molecule has 19 heavy (non-hydrogen) atoms. The number of nitrogen functional groups attached to an aromatic ring is 1. The zero-order valence-corrected chi connectivity index (χ0v) is 11.0. The fraction of sp³-hybridized carbons (Fsp3) is 0.462. The summed E-state index contributed by atoms with van der Waals surface area (Å²) in [6.45, 7) is 3.78. The highest BCUT2D eigenvalue weighted by Gasteiger charge is 2.29. The molecule has 0 bridgehead atoms. The number of nitrogens with two attached hydrogens (primary N) is 1. The number of H-pyrrole nitrogens is 1. The largest absolute Gasteiger partial charge is 0.383 e. The molecule has 3 N–H and O–H groups in total. The van der Waals surface area contributed by atoms with E-state index in [-0.39, 0.29) is 6.04 Å². The maximum atomic E-state index is 5.91. The van der Waals surface area contributed by atoms with Crippen LogP contribution in [0.1, 0.15) is 36.1 Å². The van der Waals surface area contributed by atoms with Gasteiger partial charge in [0.25, 0.3) is 0 Å². The molecule has 1 fully saturated rings. The molecule has 1 saturated heterocycles. The van der Waals surface area contributed by atoms with Crippen molar-refractivity contribution in [2.45, 2.75) is 32.4 Å². The average Bonchev–Trinajstić information content (AvgIpc) is 3.01. The van der Waals surface area contributed by atoms with E-state index < -0.39 is 0 Å². The van der Waals surface area contributed by atoms with E-state index >= 15 is 0 Å². The SMILES string of the molecule is Cc1nc(C2CCCN2Cc2cccnc2N)n[nH]1. The maximum Gasteiger partial charge on any atom is 0.167 e. The van der Waals surface area contributed by atoms with Gasteiger partial charge in [0.2, 0.25) is 0 Å². The van der Waals surface area contributed by atoms with Crippen molar-refractivity contribution >= 4 is 5.82 Å². The van der Waals surface area contributed by atoms with Gasteiger partial charge in [-0.1, -0.05) is 6.07 Å². The van der Waals surface area contributed by atoms with E-state index in [0.29, 0.717) is 5.82 Å². The molecule has 1 atom stereocenters. The van der Waals surface area contributed by atoms with Crippen LogP contribution in [-0.4, -0.2) is 31.6 Å². The van der Waals surface area contributed by atoms with Gasteiger partial charge in [-0.15, -0.1) is 0 Å². The van der Waals surface area contributed by atoms with Crippen LogP contribution in [0, 0.1) is 6.92 Å². The first-order valence-corrected chi connectivity index (χ1v) is 6.56. The number of rotatable bonds is 3. The molecule has 1 aliphatic heterocycles. The van der Waals surface area contributed by atoms with Crippen LogP contribution in [0.3, 0.4) is 0 Å². The Kier molecular flexibility index (Phi) is 3.16. The number of aromatic amines is 1. The smallest absolute Gasteiger partial charge is 0.167 e. The van der Waals surface area contributed by atoms with Crippen molar-refractivity contribution in [1.82, 2.24) is 25.1 Å². The van der Waals surface area contributed by atoms with Crippen molar-refractivity contribution in [1.29, 1.82) is 0 Å². The zero-order valence-electron chi connectivity index (χ0n) is 11.0. The lowest BCUT2D eigenvalue weighted by atomic mass is 10.2. The molecule has 0 aliphatic carbocycles. The quantitative estimate of drug-likeness (QED) is 0.870. The van der Waals surface area contributed by atoms with E-state index in [1.165, 1.54) is 6.42 Å². The van der Waals surface area contributed by atoms with Gasteiger partial charge in [0.1, 0.15) is 11.6 Å². The van der Waals surface area contributed by atoms with Crippen LogP contribution in [0.5, 0.6) is 0 Å². The van der Waals surface area contributed by atoms with Crippen molar-refractivity contribution in [3.63, 3.8) is 0 Å². The van der Waals surface area contributed by atoms with Crippen molar-refractivity contribution in [2.24, 2.45) is 0 Å². The molecule has 0 saturated carbocycles. The zero-order chi connectivity index (χ0) is 13.2. The number of aromatic nitrogens is 4. The third-order valence-corrected chi connectivity index (χ3v) is 3.58. The molecule has 2 aromatic heterocycles. The third-order valence-electron chi connectivity index (χ3n) is 3.58. The predicted molar refractivity (Wildman–Crippen MR) is 72.2 cm³/mol. The molecule has 2 aromatic rings. The van der Waals surface area contributed by atoms with E-state index in [1.54, 1.807) is 6.20 Å². The molecule has 3 heterocycles. The number of pyridine rings is 1. The summed E-state index contributed by atoms with van der Waals surface area (Å²) in [5.41, 5.74) is 6.98. The molecule has 0 spiro atoms. The van der Waals surface area contributed by atoms with Gasteiger partial charge in [0.15, 0.2) is 5.82 Å². The van der Waals surface area contributed by atoms with Gasteiger partial charge in [-0.3, -0.25) is 10.00 Å². The van der Waals surface area contributed by atoms with Gasteiger partial charge < -0.3 is 5.73 Å². The number of hydrogen-bond acceptors (Lipinski definition) is 5. The summed E-state index contributed by atoms with van der Waals surface area (Å²) in [7, 11) is 0. The van der Waals surface area contributed by atoms with Gasteiger partial charge in [0, 0.05) is 18.3 Å². The summed E-state index contributed by atoms with van der Waals surface area (Å²) in [5, 5.41) is 7.20. The number of hydrogen-bond donors (Lipinski definition) is 2. The maximum absolute atomic E-state index is 5.91. The minimum Gasteiger partial charge on any atom is -0.383 e. The molecule has 6 heteroatoms. The van der Waals surface area contributed by atoms with Gasteiger partial charge in [0.05, 0.1) is 6.04 Å². The first-order chi connectivity index (χ1) is 9.24. The predicted octanol–water partition coefficient (Wildman–Crippen LogP) is 1.43. The van der Waals surface area contributed by atoms with Gasteiger partial charge in [-0.05, 0) is 32.4 Å². The van der Waals surface area contributed by atoms with Crippen LogP contribution in [0.4, 0.5) is 5.82 Å². The van der Waals surface area contributed by atoms with Crippen LogP contribution in [0.2, 0.25) is 0 Å². The van der Waals surface area contributed by atoms with Crippen LogP contribution < -0.4 is 5.73 Å². The number of likely N-dealkylation sites (tertiary alicyclic amines) is 1. The van der Waals surface area contributed by atoms with Crippen molar-refractivity contribution in [3.8, 4) is 0 Å². The van der Waals surface area contributed by atoms with E-state index in [0.717, 1.165) is 36.7 Å². The fourth-order valence-electron chi connectivity index (χ4n) is 2.62. The Labute approximate surface area is 112 Å². The second-order valence-electron chi connectivity index (χ2n) is 4.96. The van der Waals surface area contributed by atoms with E-state index in [9.17, 15) is 0 Å². The molecule has 0 amide bonds. The Morgan fingerprint density at radius 2 is 2.42 bits per heavy atom. The normalized spacial score (nSPS) is 19.9. The van der Waals surface area contributed by atoms with Crippen LogP contribution in [0.25, 0.3) is 0 Å². The van der Waals surface area contributed by atoms with Crippen molar-refractivity contribution in [2.75, 3.05) is 12.3 Å². The summed E-state index contributed by atoms with van der Waals surface area (Å²) >= 11 is 0. The Balaban J connectivity index is 1.79. The monoisotopic (exact) mass is 258 g/mol. The van der Waals surface area contributed by atoms with Crippen LogP contribution in [-0.2, 0) is 6.54 Å². The highest BCUT2D eigenvalue weighted by molar-refractivity contribution is 5.38. The summed E-state index contributed by atoms with van der Waals surface area (Å²) in [4.78, 5) is 11.0. The lowest BCUT2D eigenvalue weighted by Gasteiger charge is -2.22. The molecule has 0 aromatic carbocycles. The Bertz CT molecular complexity index is 564. The van der Waals surface area contributed by atoms with E-state index in [1.807, 2.05) is 19.1 Å². The average molecular weight is 258 g/mol. The first kappa shape index (κ1) is 12.1. The lowest BCUT2D eigenvalue weighted by Crippen LogP contribution is -2.24. The second-order valence-corrected chi connectivity index (χ2v) is 4.96. The summed E-state index contributed by atoms with van der Waals surface area (Å²) in [6.07, 6.45) is 3.98. The first-order valence-electron chi connectivity index (χ1n) is 6.56. The summed E-state index contributed by atoms with van der Waals surface area (Å²) in [5.74, 6) is 2.36. The number of aryl methyl sites for hydroxylation is 1. The fourth-order valence-corrected chi connectivity index (χ4v) is 2.62. The van der Waals surface area contributed by atoms with E-state index in [2.05, 4.69) is 25.1 Å². The molecule has 1 unspecified atom stereocenters. The van der Waals surface area contributed by atoms with Crippen molar-refractivity contribution in [3.05, 3.63) is 35.5 Å². The van der Waals surface area contributed by atoms with E-state index in [4.69, 9.17) is 5.73 Å². The van der Waals surface area contributed by atoms with Crippen LogP contribution >= 0.6 is 0 Å². The summed E-state index contributed by atoms with van der Waals surface area (Å²) < 4.78 is 0. The highest BCUT2D eigenvalue weighted by Crippen LogP contribution is 2.31. The van der Waals surface area contributed by atoms with Gasteiger partial charge in [-0.2, -0.15) is 5.10 Å². The Morgan fingerprint density at radius 3 is 3.16 bits per heavy atom. The van der Waals surface area contributed by atoms with Crippen molar-refractivity contribution < 1.29 is 0 Å². The Hall–Kier alpha value is -1.95. The molecular formula is C13H18N6. The highest BCUT2D eigenvalue weighted by atomic mass is 15.3. The molecule has 6 nitrogen and oxygen atoms in total.